The van der Waals surface area contributed by atoms with Crippen molar-refractivity contribution in [2.75, 3.05) is 19.6 Å². The molecule has 0 aromatic carbocycles. The van der Waals surface area contributed by atoms with Crippen molar-refractivity contribution in [1.29, 1.82) is 0 Å². The Hall–Kier alpha value is -1.11. The second-order valence-corrected chi connectivity index (χ2v) is 5.79. The smallest absolute Gasteiger partial charge is 0.157 e. The van der Waals surface area contributed by atoms with Crippen LogP contribution >= 0.6 is 0 Å². The number of likely N-dealkylation sites (tertiary alicyclic amines) is 1. The maximum Gasteiger partial charge on any atom is 0.157 e. The summed E-state index contributed by atoms with van der Waals surface area (Å²) in [5, 5.41) is 24.1. The first-order chi connectivity index (χ1) is 9.49. The van der Waals surface area contributed by atoms with Gasteiger partial charge in [0.15, 0.2) is 5.75 Å². The van der Waals surface area contributed by atoms with Crippen LogP contribution in [0.3, 0.4) is 0 Å². The Kier molecular flexibility index (Phi) is 5.01. The second-order valence-electron chi connectivity index (χ2n) is 5.79. The van der Waals surface area contributed by atoms with Gasteiger partial charge in [-0.2, -0.15) is 5.10 Å². The molecule has 1 fully saturated rings. The number of β-amino-alcohol motifs (C(OH)–C–C–N with tert-alkyl or cyclic N) is 2. The van der Waals surface area contributed by atoms with E-state index in [2.05, 4.69) is 5.10 Å². The molecule has 1 aliphatic rings. The van der Waals surface area contributed by atoms with Crippen LogP contribution < -0.4 is 4.74 Å². The van der Waals surface area contributed by atoms with Crippen molar-refractivity contribution in [1.82, 2.24) is 14.7 Å². The molecule has 0 spiro atoms. The van der Waals surface area contributed by atoms with E-state index in [9.17, 15) is 10.2 Å². The van der Waals surface area contributed by atoms with Crippen molar-refractivity contribution in [3.63, 3.8) is 0 Å². The summed E-state index contributed by atoms with van der Waals surface area (Å²) in [7, 11) is 0. The number of hydrogen-bond donors (Lipinski definition) is 2. The highest BCUT2D eigenvalue weighted by Gasteiger charge is 2.34. The monoisotopic (exact) mass is 283 g/mol. The van der Waals surface area contributed by atoms with Gasteiger partial charge in [-0.05, 0) is 12.8 Å². The number of ether oxygens (including phenoxy) is 1. The van der Waals surface area contributed by atoms with E-state index >= 15 is 0 Å². The molecule has 6 nitrogen and oxygen atoms in total. The zero-order chi connectivity index (χ0) is 14.7. The van der Waals surface area contributed by atoms with E-state index in [0.717, 1.165) is 6.54 Å². The van der Waals surface area contributed by atoms with Gasteiger partial charge in [0.2, 0.25) is 0 Å². The average molecular weight is 283 g/mol. The normalized spacial score (nSPS) is 25.3. The summed E-state index contributed by atoms with van der Waals surface area (Å²) in [6.45, 7) is 8.52. The fraction of sp³-hybridized carbons (Fsp3) is 0.786. The average Bonchev–Trinajstić information content (AvgIpc) is 2.97. The Morgan fingerprint density at radius 2 is 2.20 bits per heavy atom. The van der Waals surface area contributed by atoms with Gasteiger partial charge in [-0.1, -0.05) is 13.8 Å². The zero-order valence-electron chi connectivity index (χ0n) is 12.4. The Labute approximate surface area is 120 Å². The summed E-state index contributed by atoms with van der Waals surface area (Å²) in [5.74, 6) is 0.900. The number of aromatic nitrogens is 2. The molecule has 1 aromatic rings. The quantitative estimate of drug-likeness (QED) is 0.788. The van der Waals surface area contributed by atoms with Crippen LogP contribution in [0.4, 0.5) is 0 Å². The molecule has 1 unspecified atom stereocenters. The van der Waals surface area contributed by atoms with Crippen LogP contribution in [0.15, 0.2) is 12.4 Å². The molecular weight excluding hydrogens is 258 g/mol. The molecule has 2 N–H and O–H groups in total. The van der Waals surface area contributed by atoms with Crippen LogP contribution in [0.2, 0.25) is 0 Å². The molecule has 1 saturated heterocycles. The topological polar surface area (TPSA) is 70.8 Å². The molecule has 0 radical (unpaired) electrons. The molecule has 6 heteroatoms. The van der Waals surface area contributed by atoms with Gasteiger partial charge in [-0.15, -0.1) is 0 Å². The molecule has 20 heavy (non-hydrogen) atoms. The fourth-order valence-electron chi connectivity index (χ4n) is 2.33. The summed E-state index contributed by atoms with van der Waals surface area (Å²) in [6, 6.07) is 0. The van der Waals surface area contributed by atoms with Crippen LogP contribution in [0.25, 0.3) is 0 Å². The summed E-state index contributed by atoms with van der Waals surface area (Å²) >= 11 is 0. The maximum atomic E-state index is 10.1. The lowest BCUT2D eigenvalue weighted by atomic mass is 10.1. The van der Waals surface area contributed by atoms with E-state index in [1.54, 1.807) is 10.9 Å². The van der Waals surface area contributed by atoms with Gasteiger partial charge in [0.05, 0.1) is 18.5 Å². The zero-order valence-corrected chi connectivity index (χ0v) is 12.4. The standard InChI is InChI=1S/C14H25N3O3/c1-4-17-6-11(5-15-17)20-14-9-16(8-13(14)19)7-12(18)10(2)3/h5-6,10,12-14,18-19H,4,7-9H2,1-3H3/t12?,13-,14-/m1/s1. The van der Waals surface area contributed by atoms with Crippen molar-refractivity contribution in [3.05, 3.63) is 12.4 Å². The summed E-state index contributed by atoms with van der Waals surface area (Å²) in [5.41, 5.74) is 0. The number of rotatable bonds is 6. The lowest BCUT2D eigenvalue weighted by molar-refractivity contribution is 0.0728. The Bertz CT molecular complexity index is 422. The van der Waals surface area contributed by atoms with Crippen molar-refractivity contribution < 1.29 is 14.9 Å². The van der Waals surface area contributed by atoms with Crippen LogP contribution in [-0.4, -0.2) is 62.8 Å². The molecule has 1 aromatic heterocycles. The van der Waals surface area contributed by atoms with E-state index in [1.807, 2.05) is 31.9 Å². The lowest BCUT2D eigenvalue weighted by Gasteiger charge is -2.21. The maximum absolute atomic E-state index is 10.1. The van der Waals surface area contributed by atoms with Crippen LogP contribution in [-0.2, 0) is 6.54 Å². The van der Waals surface area contributed by atoms with Crippen molar-refractivity contribution in [2.24, 2.45) is 5.92 Å². The summed E-state index contributed by atoms with van der Waals surface area (Å²) < 4.78 is 7.57. The molecule has 2 heterocycles. The van der Waals surface area contributed by atoms with Gasteiger partial charge >= 0.3 is 0 Å². The van der Waals surface area contributed by atoms with Gasteiger partial charge in [0.25, 0.3) is 0 Å². The number of hydrogen-bond acceptors (Lipinski definition) is 5. The minimum Gasteiger partial charge on any atom is -0.483 e. The van der Waals surface area contributed by atoms with Crippen LogP contribution in [0.1, 0.15) is 20.8 Å². The van der Waals surface area contributed by atoms with E-state index in [1.165, 1.54) is 0 Å². The summed E-state index contributed by atoms with van der Waals surface area (Å²) in [6.07, 6.45) is 2.34. The fourth-order valence-corrected chi connectivity index (χ4v) is 2.33. The first-order valence-electron chi connectivity index (χ1n) is 7.27. The van der Waals surface area contributed by atoms with E-state index < -0.39 is 6.10 Å². The molecule has 0 aliphatic carbocycles. The van der Waals surface area contributed by atoms with Gasteiger partial charge in [-0.25, -0.2) is 0 Å². The van der Waals surface area contributed by atoms with Gasteiger partial charge in [0.1, 0.15) is 12.2 Å². The first-order valence-corrected chi connectivity index (χ1v) is 7.27. The molecular formula is C14H25N3O3. The van der Waals surface area contributed by atoms with Crippen LogP contribution in [0.5, 0.6) is 5.75 Å². The van der Waals surface area contributed by atoms with E-state index in [4.69, 9.17) is 4.74 Å². The summed E-state index contributed by atoms with van der Waals surface area (Å²) in [4.78, 5) is 2.05. The molecule has 0 amide bonds. The Morgan fingerprint density at radius 3 is 2.80 bits per heavy atom. The van der Waals surface area contributed by atoms with Crippen molar-refractivity contribution >= 4 is 0 Å². The van der Waals surface area contributed by atoms with Crippen LogP contribution in [0, 0.1) is 5.92 Å². The molecule has 3 atom stereocenters. The highest BCUT2D eigenvalue weighted by molar-refractivity contribution is 5.13. The highest BCUT2D eigenvalue weighted by atomic mass is 16.5. The number of nitrogens with zero attached hydrogens (tertiary/aromatic N) is 3. The minimum absolute atomic E-state index is 0.217. The Balaban J connectivity index is 1.87. The van der Waals surface area contributed by atoms with Gasteiger partial charge < -0.3 is 14.9 Å². The number of aliphatic hydroxyl groups excluding tert-OH is 2. The van der Waals surface area contributed by atoms with Gasteiger partial charge in [-0.3, -0.25) is 9.58 Å². The molecule has 2 rings (SSSR count). The predicted octanol–water partition coefficient (Wildman–Crippen LogP) is 0.344. The van der Waals surface area contributed by atoms with Crippen molar-refractivity contribution in [2.45, 2.75) is 45.6 Å². The Morgan fingerprint density at radius 1 is 1.45 bits per heavy atom. The van der Waals surface area contributed by atoms with Crippen molar-refractivity contribution in [3.8, 4) is 5.75 Å². The third-order valence-corrected chi connectivity index (χ3v) is 3.75. The second kappa shape index (κ2) is 6.56. The third-order valence-electron chi connectivity index (χ3n) is 3.75. The SMILES string of the molecule is CCn1cc(O[C@@H]2CN(CC(O)C(C)C)C[C@H]2O)cn1. The van der Waals surface area contributed by atoms with Gasteiger partial charge in [0, 0.05) is 26.2 Å². The lowest BCUT2D eigenvalue weighted by Crippen LogP contribution is -2.34. The van der Waals surface area contributed by atoms with E-state index in [-0.39, 0.29) is 18.1 Å². The highest BCUT2D eigenvalue weighted by Crippen LogP contribution is 2.19. The van der Waals surface area contributed by atoms with E-state index in [0.29, 0.717) is 25.4 Å². The first kappa shape index (κ1) is 15.3. The molecule has 1 aliphatic heterocycles. The predicted molar refractivity (Wildman–Crippen MR) is 75.6 cm³/mol. The number of aryl methyl sites for hydroxylation is 1. The molecule has 0 bridgehead atoms. The minimum atomic E-state index is -0.528. The number of aliphatic hydroxyl groups is 2. The third kappa shape index (κ3) is 3.71. The molecule has 114 valence electrons. The molecule has 0 saturated carbocycles. The largest absolute Gasteiger partial charge is 0.483 e.